The molecule has 0 unspecified atom stereocenters. The van der Waals surface area contributed by atoms with E-state index in [4.69, 9.17) is 14.2 Å². The van der Waals surface area contributed by atoms with Gasteiger partial charge in [-0.1, -0.05) is 232 Å². The van der Waals surface area contributed by atoms with Crippen LogP contribution in [0.2, 0.25) is 0 Å². The van der Waals surface area contributed by atoms with Gasteiger partial charge in [-0.3, -0.25) is 9.59 Å². The normalized spacial score (nSPS) is 12.1. The maximum absolute atomic E-state index is 12.7. The van der Waals surface area contributed by atoms with Crippen LogP contribution in [0.25, 0.3) is 0 Å². The molecule has 0 saturated carbocycles. The first-order chi connectivity index (χ1) is 27.6. The molecule has 0 amide bonds. The Bertz CT molecular complexity index is 810. The summed E-state index contributed by atoms with van der Waals surface area (Å²) in [5, 5.41) is 0. The summed E-state index contributed by atoms with van der Waals surface area (Å²) in [7, 11) is 0. The quantitative estimate of drug-likeness (QED) is 0.0349. The van der Waals surface area contributed by atoms with Crippen LogP contribution in [0.1, 0.15) is 278 Å². The largest absolute Gasteiger partial charge is 0.462 e. The van der Waals surface area contributed by atoms with Crippen LogP contribution in [0.3, 0.4) is 0 Å². The van der Waals surface area contributed by atoms with Crippen LogP contribution in [-0.4, -0.2) is 37.9 Å². The van der Waals surface area contributed by atoms with Gasteiger partial charge < -0.3 is 14.2 Å². The van der Waals surface area contributed by atoms with Gasteiger partial charge in [0.1, 0.15) is 6.61 Å². The third kappa shape index (κ3) is 45.3. The highest BCUT2D eigenvalue weighted by atomic mass is 16.6. The summed E-state index contributed by atoms with van der Waals surface area (Å²) in [6.45, 7) is 7.86. The SMILES string of the molecule is CCCCCC/C=C\CCCCCCCC(=O)O[C@H](COCCCCCCCCCCCCCCCCCC)COC(=O)CCCCCCCCCCCCC. The second-order valence-corrected chi connectivity index (χ2v) is 17.1. The summed E-state index contributed by atoms with van der Waals surface area (Å²) in [6.07, 6.45) is 53.5. The van der Waals surface area contributed by atoms with Crippen LogP contribution < -0.4 is 0 Å². The molecule has 0 fully saturated rings. The fourth-order valence-corrected chi connectivity index (χ4v) is 7.51. The highest BCUT2D eigenvalue weighted by molar-refractivity contribution is 5.70. The summed E-state index contributed by atoms with van der Waals surface area (Å²) >= 11 is 0. The molecule has 332 valence electrons. The van der Waals surface area contributed by atoms with Crippen molar-refractivity contribution in [1.82, 2.24) is 0 Å². The minimum atomic E-state index is -0.529. The van der Waals surface area contributed by atoms with Crippen LogP contribution in [0.5, 0.6) is 0 Å². The molecule has 5 nitrogen and oxygen atoms in total. The molecule has 56 heavy (non-hydrogen) atoms. The van der Waals surface area contributed by atoms with Gasteiger partial charge in [-0.2, -0.15) is 0 Å². The number of ether oxygens (including phenoxy) is 3. The number of rotatable bonds is 47. The topological polar surface area (TPSA) is 61.8 Å². The molecule has 5 heteroatoms. The van der Waals surface area contributed by atoms with Gasteiger partial charge in [-0.15, -0.1) is 0 Å². The van der Waals surface area contributed by atoms with E-state index in [2.05, 4.69) is 32.9 Å². The molecule has 0 heterocycles. The van der Waals surface area contributed by atoms with Crippen molar-refractivity contribution < 1.29 is 23.8 Å². The Labute approximate surface area is 350 Å². The van der Waals surface area contributed by atoms with Gasteiger partial charge >= 0.3 is 11.9 Å². The van der Waals surface area contributed by atoms with Crippen molar-refractivity contribution in [3.8, 4) is 0 Å². The molecule has 0 rings (SSSR count). The maximum Gasteiger partial charge on any atom is 0.306 e. The molecule has 0 aromatic heterocycles. The molecule has 0 N–H and O–H groups in total. The summed E-state index contributed by atoms with van der Waals surface area (Å²) < 4.78 is 17.4. The Hall–Kier alpha value is -1.36. The zero-order chi connectivity index (χ0) is 40.7. The lowest BCUT2D eigenvalue weighted by atomic mass is 10.0. The lowest BCUT2D eigenvalue weighted by Crippen LogP contribution is -2.30. The number of allylic oxidation sites excluding steroid dienone is 2. The van der Waals surface area contributed by atoms with Crippen LogP contribution in [-0.2, 0) is 23.8 Å². The van der Waals surface area contributed by atoms with Gasteiger partial charge in [0.2, 0.25) is 0 Å². The van der Waals surface area contributed by atoms with Gasteiger partial charge in [-0.05, 0) is 44.9 Å². The van der Waals surface area contributed by atoms with E-state index in [0.717, 1.165) is 44.9 Å². The highest BCUT2D eigenvalue weighted by Gasteiger charge is 2.17. The Balaban J connectivity index is 4.20. The predicted octanol–water partition coefficient (Wildman–Crippen LogP) is 16.7. The lowest BCUT2D eigenvalue weighted by Gasteiger charge is -2.18. The first-order valence-electron chi connectivity index (χ1n) is 25.2. The number of carbonyl (C=O) groups is 2. The average molecular weight is 791 g/mol. The van der Waals surface area contributed by atoms with E-state index in [1.165, 1.54) is 199 Å². The van der Waals surface area contributed by atoms with Crippen LogP contribution in [0.15, 0.2) is 12.2 Å². The van der Waals surface area contributed by atoms with E-state index in [9.17, 15) is 9.59 Å². The standard InChI is InChI=1S/C51H98O5/c1-4-7-10-13-16-19-22-24-25-26-28-31-34-37-40-43-46-54-47-49(48-55-50(52)44-41-38-35-32-29-21-18-15-12-9-6-3)56-51(53)45-42-39-36-33-30-27-23-20-17-14-11-8-5-2/h20,23,49H,4-19,21-22,24-48H2,1-3H3/b23-20-/t49-/m1/s1. The minimum Gasteiger partial charge on any atom is -0.462 e. The average Bonchev–Trinajstić information content (AvgIpc) is 3.20. The number of hydrogen-bond donors (Lipinski definition) is 0. The van der Waals surface area contributed by atoms with E-state index in [-0.39, 0.29) is 18.5 Å². The molecule has 0 aliphatic heterocycles. The Morgan fingerprint density at radius 3 is 1.11 bits per heavy atom. The van der Waals surface area contributed by atoms with Crippen molar-refractivity contribution in [2.45, 2.75) is 284 Å². The number of hydrogen-bond acceptors (Lipinski definition) is 5. The van der Waals surface area contributed by atoms with E-state index in [1.807, 2.05) is 0 Å². The van der Waals surface area contributed by atoms with Gasteiger partial charge in [0.25, 0.3) is 0 Å². The highest BCUT2D eigenvalue weighted by Crippen LogP contribution is 2.16. The molecule has 0 spiro atoms. The van der Waals surface area contributed by atoms with Gasteiger partial charge in [0.05, 0.1) is 6.61 Å². The zero-order valence-electron chi connectivity index (χ0n) is 38.2. The van der Waals surface area contributed by atoms with Gasteiger partial charge in [0, 0.05) is 19.4 Å². The molecule has 1 atom stereocenters. The number of esters is 2. The van der Waals surface area contributed by atoms with E-state index in [0.29, 0.717) is 26.1 Å². The lowest BCUT2D eigenvalue weighted by molar-refractivity contribution is -0.163. The zero-order valence-corrected chi connectivity index (χ0v) is 38.2. The molecule has 0 bridgehead atoms. The van der Waals surface area contributed by atoms with Crippen LogP contribution >= 0.6 is 0 Å². The summed E-state index contributed by atoms with van der Waals surface area (Å²) in [5.74, 6) is -0.389. The molecule has 0 aromatic rings. The number of carbonyl (C=O) groups excluding carboxylic acids is 2. The Morgan fingerprint density at radius 1 is 0.375 bits per heavy atom. The fourth-order valence-electron chi connectivity index (χ4n) is 7.51. The summed E-state index contributed by atoms with van der Waals surface area (Å²) in [6, 6.07) is 0. The van der Waals surface area contributed by atoms with Crippen molar-refractivity contribution >= 4 is 11.9 Å². The minimum absolute atomic E-state index is 0.0910. The molecule has 0 saturated heterocycles. The monoisotopic (exact) mass is 791 g/mol. The molecule has 0 aromatic carbocycles. The van der Waals surface area contributed by atoms with E-state index >= 15 is 0 Å². The summed E-state index contributed by atoms with van der Waals surface area (Å²) in [4.78, 5) is 25.3. The van der Waals surface area contributed by atoms with Crippen molar-refractivity contribution in [3.05, 3.63) is 12.2 Å². The predicted molar refractivity (Wildman–Crippen MR) is 242 cm³/mol. The van der Waals surface area contributed by atoms with Crippen LogP contribution in [0, 0.1) is 0 Å². The third-order valence-corrected chi connectivity index (χ3v) is 11.3. The molecular formula is C51H98O5. The van der Waals surface area contributed by atoms with Crippen molar-refractivity contribution in [3.63, 3.8) is 0 Å². The maximum atomic E-state index is 12.7. The Kier molecular flexibility index (Phi) is 46.8. The molecule has 0 radical (unpaired) electrons. The van der Waals surface area contributed by atoms with Gasteiger partial charge in [0.15, 0.2) is 6.10 Å². The van der Waals surface area contributed by atoms with Crippen molar-refractivity contribution in [2.75, 3.05) is 19.8 Å². The van der Waals surface area contributed by atoms with E-state index in [1.54, 1.807) is 0 Å². The molecular weight excluding hydrogens is 693 g/mol. The van der Waals surface area contributed by atoms with Crippen molar-refractivity contribution in [2.24, 2.45) is 0 Å². The first kappa shape index (κ1) is 54.6. The van der Waals surface area contributed by atoms with Crippen LogP contribution in [0.4, 0.5) is 0 Å². The first-order valence-corrected chi connectivity index (χ1v) is 25.2. The van der Waals surface area contributed by atoms with Crippen molar-refractivity contribution in [1.29, 1.82) is 0 Å². The number of unbranched alkanes of at least 4 members (excludes halogenated alkanes) is 34. The van der Waals surface area contributed by atoms with Gasteiger partial charge in [-0.25, -0.2) is 0 Å². The smallest absolute Gasteiger partial charge is 0.306 e. The second-order valence-electron chi connectivity index (χ2n) is 17.1. The third-order valence-electron chi connectivity index (χ3n) is 11.3. The van der Waals surface area contributed by atoms with E-state index < -0.39 is 6.10 Å². The molecule has 0 aliphatic carbocycles. The summed E-state index contributed by atoms with van der Waals surface area (Å²) in [5.41, 5.74) is 0. The Morgan fingerprint density at radius 2 is 0.696 bits per heavy atom. The second kappa shape index (κ2) is 48.0. The molecule has 0 aliphatic rings. The fraction of sp³-hybridized carbons (Fsp3) is 0.922.